The number of aryl methyl sites for hydroxylation is 3. The lowest BCUT2D eigenvalue weighted by atomic mass is 9.84. The van der Waals surface area contributed by atoms with E-state index < -0.39 is 5.41 Å². The zero-order valence-corrected chi connectivity index (χ0v) is 25.1. The van der Waals surface area contributed by atoms with Crippen molar-refractivity contribution in [2.75, 3.05) is 26.2 Å². The van der Waals surface area contributed by atoms with Gasteiger partial charge < -0.3 is 14.6 Å². The lowest BCUT2D eigenvalue weighted by Crippen LogP contribution is -2.43. The number of unbranched alkanes of at least 4 members (excludes halogenated alkanes) is 1. The second-order valence-electron chi connectivity index (χ2n) is 11.3. The molecule has 0 bridgehead atoms. The van der Waals surface area contributed by atoms with E-state index in [-0.39, 0.29) is 5.91 Å². The van der Waals surface area contributed by atoms with E-state index in [1.165, 1.54) is 22.4 Å². The van der Waals surface area contributed by atoms with Crippen LogP contribution in [0.15, 0.2) is 61.1 Å². The predicted octanol–water partition coefficient (Wildman–Crippen LogP) is 6.31. The third-order valence-electron chi connectivity index (χ3n) is 7.88. The first-order valence-corrected chi connectivity index (χ1v) is 14.7. The van der Waals surface area contributed by atoms with Crippen molar-refractivity contribution in [3.8, 4) is 11.3 Å². The van der Waals surface area contributed by atoms with Crippen LogP contribution in [0, 0.1) is 13.8 Å². The molecule has 6 heteroatoms. The van der Waals surface area contributed by atoms with Crippen LogP contribution in [0.5, 0.6) is 0 Å². The Balaban J connectivity index is 1.57. The molecule has 0 saturated heterocycles. The monoisotopic (exact) mass is 539 g/mol. The number of likely N-dealkylation sites (N-methyl/N-ethyl adjacent to an activating group) is 1. The van der Waals surface area contributed by atoms with Crippen molar-refractivity contribution < 1.29 is 4.79 Å². The Labute approximate surface area is 239 Å². The highest BCUT2D eigenvalue weighted by atomic mass is 16.2. The Morgan fingerprint density at radius 2 is 1.62 bits per heavy atom. The van der Waals surface area contributed by atoms with Crippen molar-refractivity contribution in [1.82, 2.24) is 24.6 Å². The van der Waals surface area contributed by atoms with Crippen LogP contribution in [0.3, 0.4) is 0 Å². The number of hydrogen-bond acceptors (Lipinski definition) is 4. The summed E-state index contributed by atoms with van der Waals surface area (Å²) in [5.41, 5.74) is 8.45. The van der Waals surface area contributed by atoms with Crippen LogP contribution in [-0.2, 0) is 23.1 Å². The highest BCUT2D eigenvalue weighted by Crippen LogP contribution is 2.31. The van der Waals surface area contributed by atoms with Gasteiger partial charge in [0.1, 0.15) is 5.65 Å². The number of carbonyl (C=O) groups is 1. The van der Waals surface area contributed by atoms with Crippen LogP contribution in [0.25, 0.3) is 16.9 Å². The smallest absolute Gasteiger partial charge is 0.232 e. The Morgan fingerprint density at radius 3 is 2.30 bits per heavy atom. The Bertz CT molecular complexity index is 1400. The fraction of sp³-hybridized carbons (Fsp3) is 0.441. The van der Waals surface area contributed by atoms with Gasteiger partial charge in [-0.25, -0.2) is 4.98 Å². The van der Waals surface area contributed by atoms with Crippen LogP contribution < -0.4 is 5.32 Å². The molecule has 0 fully saturated rings. The second-order valence-corrected chi connectivity index (χ2v) is 11.3. The molecule has 1 N–H and O–H groups in total. The fourth-order valence-electron chi connectivity index (χ4n) is 5.53. The van der Waals surface area contributed by atoms with E-state index in [0.29, 0.717) is 13.1 Å². The molecule has 0 aliphatic carbocycles. The number of hydrogen-bond donors (Lipinski definition) is 1. The molecule has 0 saturated carbocycles. The zero-order valence-electron chi connectivity index (χ0n) is 25.1. The first-order valence-electron chi connectivity index (χ1n) is 14.7. The maximum Gasteiger partial charge on any atom is 0.232 e. The van der Waals surface area contributed by atoms with Crippen molar-refractivity contribution in [2.24, 2.45) is 0 Å². The molecule has 6 nitrogen and oxygen atoms in total. The maximum absolute atomic E-state index is 13.4. The normalized spacial score (nSPS) is 11.8. The minimum atomic E-state index is -0.630. The van der Waals surface area contributed by atoms with E-state index in [4.69, 9.17) is 4.98 Å². The van der Waals surface area contributed by atoms with Gasteiger partial charge in [0.05, 0.1) is 16.8 Å². The number of amides is 1. The minimum Gasteiger partial charge on any atom is -0.343 e. The first kappa shape index (κ1) is 29.5. The number of benzene rings is 1. The second kappa shape index (κ2) is 13.2. The van der Waals surface area contributed by atoms with Crippen molar-refractivity contribution >= 4 is 11.6 Å². The standard InChI is InChI=1S/C34H45N5O/c1-7-38(8-2)33(40)34(5,6)29-12-13-31-37-32(28-22-25(3)21-26(4)23-28)30(39(31)24-29)16-20-35-17-10-9-11-27-14-18-36-19-15-27/h12-15,18-19,21-24,35H,7-11,16-17,20H2,1-6H3. The molecule has 0 unspecified atom stereocenters. The number of fused-ring (bicyclic) bond motifs is 1. The number of nitrogens with one attached hydrogen (secondary N) is 1. The van der Waals surface area contributed by atoms with Crippen LogP contribution in [-0.4, -0.2) is 51.4 Å². The lowest BCUT2D eigenvalue weighted by molar-refractivity contribution is -0.135. The Kier molecular flexibility index (Phi) is 9.75. The van der Waals surface area contributed by atoms with Crippen molar-refractivity contribution in [1.29, 1.82) is 0 Å². The van der Waals surface area contributed by atoms with Gasteiger partial charge in [0.2, 0.25) is 5.91 Å². The highest BCUT2D eigenvalue weighted by Gasteiger charge is 2.33. The van der Waals surface area contributed by atoms with Crippen LogP contribution in [0.2, 0.25) is 0 Å². The molecule has 0 spiro atoms. The summed E-state index contributed by atoms with van der Waals surface area (Å²) in [6.07, 6.45) is 10.1. The van der Waals surface area contributed by atoms with Crippen LogP contribution in [0.4, 0.5) is 0 Å². The molecule has 0 atom stereocenters. The lowest BCUT2D eigenvalue weighted by Gasteiger charge is -2.31. The van der Waals surface area contributed by atoms with Crippen molar-refractivity contribution in [3.05, 3.63) is 89.0 Å². The molecule has 4 rings (SSSR count). The topological polar surface area (TPSA) is 62.5 Å². The summed E-state index contributed by atoms with van der Waals surface area (Å²) < 4.78 is 2.21. The van der Waals surface area contributed by atoms with Gasteiger partial charge in [-0.2, -0.15) is 0 Å². The number of pyridine rings is 2. The fourth-order valence-corrected chi connectivity index (χ4v) is 5.53. The van der Waals surface area contributed by atoms with Crippen LogP contribution >= 0.6 is 0 Å². The molecule has 40 heavy (non-hydrogen) atoms. The molecule has 0 aliphatic heterocycles. The van der Waals surface area contributed by atoms with E-state index >= 15 is 0 Å². The summed E-state index contributed by atoms with van der Waals surface area (Å²) in [5.74, 6) is 0.154. The predicted molar refractivity (Wildman–Crippen MR) is 165 cm³/mol. The van der Waals surface area contributed by atoms with Crippen molar-refractivity contribution in [2.45, 2.75) is 72.6 Å². The van der Waals surface area contributed by atoms with Gasteiger partial charge in [0.25, 0.3) is 0 Å². The molecule has 0 aliphatic rings. The van der Waals surface area contributed by atoms with E-state index in [1.54, 1.807) is 0 Å². The largest absolute Gasteiger partial charge is 0.343 e. The average Bonchev–Trinajstić information content (AvgIpc) is 3.31. The average molecular weight is 540 g/mol. The molecule has 4 aromatic rings. The molecule has 3 aromatic heterocycles. The maximum atomic E-state index is 13.4. The Morgan fingerprint density at radius 1 is 0.925 bits per heavy atom. The number of carbonyl (C=O) groups excluding carboxylic acids is 1. The van der Waals surface area contributed by atoms with E-state index in [2.05, 4.69) is 77.2 Å². The van der Waals surface area contributed by atoms with Gasteiger partial charge in [-0.3, -0.25) is 9.78 Å². The van der Waals surface area contributed by atoms with E-state index in [1.807, 2.05) is 45.0 Å². The molecule has 3 heterocycles. The van der Waals surface area contributed by atoms with Gasteiger partial charge in [0, 0.05) is 50.2 Å². The molecule has 1 amide bonds. The summed E-state index contributed by atoms with van der Waals surface area (Å²) in [7, 11) is 0. The molecule has 1 aromatic carbocycles. The van der Waals surface area contributed by atoms with Gasteiger partial charge in [0.15, 0.2) is 0 Å². The van der Waals surface area contributed by atoms with Gasteiger partial charge in [-0.1, -0.05) is 23.3 Å². The number of rotatable bonds is 13. The SMILES string of the molecule is CCN(CC)C(=O)C(C)(C)c1ccc2nc(-c3cc(C)cc(C)c3)c(CCNCCCCc3ccncc3)n2c1. The van der Waals surface area contributed by atoms with Gasteiger partial charge in [-0.15, -0.1) is 0 Å². The summed E-state index contributed by atoms with van der Waals surface area (Å²) in [6, 6.07) is 15.0. The number of aromatic nitrogens is 3. The van der Waals surface area contributed by atoms with Crippen LogP contribution in [0.1, 0.15) is 68.5 Å². The molecule has 0 radical (unpaired) electrons. The van der Waals surface area contributed by atoms with Gasteiger partial charge >= 0.3 is 0 Å². The quantitative estimate of drug-likeness (QED) is 0.202. The molecular weight excluding hydrogens is 494 g/mol. The summed E-state index contributed by atoms with van der Waals surface area (Å²) >= 11 is 0. The summed E-state index contributed by atoms with van der Waals surface area (Å²) in [6.45, 7) is 15.7. The van der Waals surface area contributed by atoms with Crippen molar-refractivity contribution in [3.63, 3.8) is 0 Å². The third-order valence-corrected chi connectivity index (χ3v) is 7.88. The molecular formula is C34H45N5O. The van der Waals surface area contributed by atoms with E-state index in [9.17, 15) is 4.79 Å². The Hall–Kier alpha value is -3.51. The highest BCUT2D eigenvalue weighted by molar-refractivity contribution is 5.87. The van der Waals surface area contributed by atoms with Gasteiger partial charge in [-0.05, 0) is 109 Å². The number of nitrogens with zero attached hydrogens (tertiary/aromatic N) is 4. The molecule has 212 valence electrons. The summed E-state index contributed by atoms with van der Waals surface area (Å²) in [4.78, 5) is 24.5. The first-order chi connectivity index (χ1) is 19.2. The third kappa shape index (κ3) is 6.79. The summed E-state index contributed by atoms with van der Waals surface area (Å²) in [5, 5.41) is 3.66. The zero-order chi connectivity index (χ0) is 28.7. The van der Waals surface area contributed by atoms with E-state index in [0.717, 1.165) is 61.2 Å². The minimum absolute atomic E-state index is 0.154. The number of imidazole rings is 1.